The van der Waals surface area contributed by atoms with Crippen molar-refractivity contribution in [2.75, 3.05) is 25.0 Å². The van der Waals surface area contributed by atoms with E-state index in [1.807, 2.05) is 48.2 Å². The van der Waals surface area contributed by atoms with E-state index < -0.39 is 0 Å². The number of carbonyl (C=O) groups excluding carboxylic acids is 2. The van der Waals surface area contributed by atoms with Crippen molar-refractivity contribution in [1.29, 1.82) is 0 Å². The quantitative estimate of drug-likeness (QED) is 0.599. The summed E-state index contributed by atoms with van der Waals surface area (Å²) in [6.45, 7) is 5.61. The molecule has 1 N–H and O–H groups in total. The Bertz CT molecular complexity index is 852. The highest BCUT2D eigenvalue weighted by Crippen LogP contribution is 2.18. The van der Waals surface area contributed by atoms with Crippen molar-refractivity contribution >= 4 is 23.8 Å². The van der Waals surface area contributed by atoms with Gasteiger partial charge in [0.1, 0.15) is 5.82 Å². The topological polar surface area (TPSA) is 71.5 Å². The highest BCUT2D eigenvalue weighted by atomic mass is 16.5. The number of piperidine rings is 1. The van der Waals surface area contributed by atoms with Gasteiger partial charge < -0.3 is 15.0 Å². The first-order valence-corrected chi connectivity index (χ1v) is 9.98. The summed E-state index contributed by atoms with van der Waals surface area (Å²) in [6.07, 6.45) is 6.56. The number of anilines is 1. The first-order valence-electron chi connectivity index (χ1n) is 9.98. The van der Waals surface area contributed by atoms with Crippen LogP contribution in [0.4, 0.5) is 5.82 Å². The minimum Gasteiger partial charge on any atom is -0.463 e. The Labute approximate surface area is 171 Å². The lowest BCUT2D eigenvalue weighted by Crippen LogP contribution is -2.42. The van der Waals surface area contributed by atoms with E-state index in [0.29, 0.717) is 6.61 Å². The summed E-state index contributed by atoms with van der Waals surface area (Å²) in [6, 6.07) is 11.8. The van der Waals surface area contributed by atoms with Gasteiger partial charge in [0.25, 0.3) is 5.91 Å². The average Bonchev–Trinajstić information content (AvgIpc) is 2.74. The minimum absolute atomic E-state index is 0.0966. The Morgan fingerprint density at radius 2 is 1.90 bits per heavy atom. The SMILES string of the molecule is CCOC(=O)C=Cc1ccc(NC2CCN(C(=O)c3ccc(C)cc3)CC2)nc1. The van der Waals surface area contributed by atoms with Crippen LogP contribution in [-0.2, 0) is 9.53 Å². The van der Waals surface area contributed by atoms with Gasteiger partial charge in [-0.15, -0.1) is 0 Å². The molecule has 29 heavy (non-hydrogen) atoms. The van der Waals surface area contributed by atoms with Gasteiger partial charge in [-0.2, -0.15) is 0 Å². The number of carbonyl (C=O) groups is 2. The number of amides is 1. The standard InChI is InChI=1S/C23H27N3O3/c1-3-29-22(27)11-7-18-6-10-21(24-16-18)25-20-12-14-26(15-13-20)23(28)19-8-4-17(2)5-9-19/h4-11,16,20H,3,12-15H2,1-2H3,(H,24,25). The fourth-order valence-corrected chi connectivity index (χ4v) is 3.26. The van der Waals surface area contributed by atoms with E-state index in [0.717, 1.165) is 48.4 Å². The van der Waals surface area contributed by atoms with Crippen molar-refractivity contribution in [3.63, 3.8) is 0 Å². The molecular formula is C23H27N3O3. The molecule has 0 saturated carbocycles. The number of esters is 1. The second-order valence-corrected chi connectivity index (χ2v) is 7.14. The molecule has 3 rings (SSSR count). The first-order chi connectivity index (χ1) is 14.0. The van der Waals surface area contributed by atoms with E-state index in [2.05, 4.69) is 10.3 Å². The zero-order chi connectivity index (χ0) is 20.6. The van der Waals surface area contributed by atoms with Gasteiger partial charge in [-0.25, -0.2) is 9.78 Å². The van der Waals surface area contributed by atoms with Crippen LogP contribution in [0.1, 0.15) is 41.3 Å². The number of aryl methyl sites for hydroxylation is 1. The van der Waals surface area contributed by atoms with Crippen molar-refractivity contribution in [2.45, 2.75) is 32.7 Å². The normalized spacial score (nSPS) is 14.8. The fraction of sp³-hybridized carbons (Fsp3) is 0.348. The maximum atomic E-state index is 12.6. The van der Waals surface area contributed by atoms with Crippen LogP contribution in [0, 0.1) is 6.92 Å². The van der Waals surface area contributed by atoms with Crippen LogP contribution in [0.15, 0.2) is 48.7 Å². The molecule has 1 aromatic heterocycles. The maximum Gasteiger partial charge on any atom is 0.330 e. The molecule has 1 aliphatic rings. The molecule has 6 nitrogen and oxygen atoms in total. The van der Waals surface area contributed by atoms with E-state index in [1.54, 1.807) is 19.2 Å². The molecule has 152 valence electrons. The predicted octanol–water partition coefficient (Wildman–Crippen LogP) is 3.68. The van der Waals surface area contributed by atoms with Gasteiger partial charge in [0.05, 0.1) is 6.61 Å². The Morgan fingerprint density at radius 1 is 1.17 bits per heavy atom. The van der Waals surface area contributed by atoms with Gasteiger partial charge in [0.15, 0.2) is 0 Å². The van der Waals surface area contributed by atoms with Crippen molar-refractivity contribution in [2.24, 2.45) is 0 Å². The number of aromatic nitrogens is 1. The highest BCUT2D eigenvalue weighted by molar-refractivity contribution is 5.94. The van der Waals surface area contributed by atoms with Gasteiger partial charge in [-0.1, -0.05) is 17.7 Å². The molecule has 1 aromatic carbocycles. The number of hydrogen-bond acceptors (Lipinski definition) is 5. The second kappa shape index (κ2) is 9.87. The van der Waals surface area contributed by atoms with Gasteiger partial charge in [-0.05, 0) is 62.6 Å². The molecule has 1 aliphatic heterocycles. The van der Waals surface area contributed by atoms with Crippen LogP contribution < -0.4 is 5.32 Å². The number of ether oxygens (including phenoxy) is 1. The maximum absolute atomic E-state index is 12.6. The smallest absolute Gasteiger partial charge is 0.330 e. The average molecular weight is 393 g/mol. The summed E-state index contributed by atoms with van der Waals surface area (Å²) in [7, 11) is 0. The lowest BCUT2D eigenvalue weighted by atomic mass is 10.0. The van der Waals surface area contributed by atoms with Crippen molar-refractivity contribution in [3.8, 4) is 0 Å². The molecule has 2 aromatic rings. The van der Waals surface area contributed by atoms with E-state index in [1.165, 1.54) is 6.08 Å². The molecule has 0 aliphatic carbocycles. The van der Waals surface area contributed by atoms with Crippen molar-refractivity contribution < 1.29 is 14.3 Å². The number of hydrogen-bond donors (Lipinski definition) is 1. The third-order valence-electron chi connectivity index (χ3n) is 4.92. The molecule has 0 unspecified atom stereocenters. The number of likely N-dealkylation sites (tertiary alicyclic amines) is 1. The van der Waals surface area contributed by atoms with E-state index >= 15 is 0 Å². The summed E-state index contributed by atoms with van der Waals surface area (Å²) in [5.41, 5.74) is 2.73. The Balaban J connectivity index is 1.48. The summed E-state index contributed by atoms with van der Waals surface area (Å²) in [4.78, 5) is 30.3. The van der Waals surface area contributed by atoms with Crippen LogP contribution in [0.3, 0.4) is 0 Å². The zero-order valence-electron chi connectivity index (χ0n) is 16.9. The molecule has 1 fully saturated rings. The van der Waals surface area contributed by atoms with Gasteiger partial charge in [0, 0.05) is 37.0 Å². The number of rotatable bonds is 6. The van der Waals surface area contributed by atoms with Crippen molar-refractivity contribution in [1.82, 2.24) is 9.88 Å². The molecule has 1 amide bonds. The number of pyridine rings is 1. The minimum atomic E-state index is -0.360. The van der Waals surface area contributed by atoms with Crippen LogP contribution in [-0.4, -0.2) is 47.5 Å². The van der Waals surface area contributed by atoms with Gasteiger partial charge in [0.2, 0.25) is 0 Å². The highest BCUT2D eigenvalue weighted by Gasteiger charge is 2.23. The summed E-state index contributed by atoms with van der Waals surface area (Å²) in [5, 5.41) is 3.44. The van der Waals surface area contributed by atoms with E-state index in [9.17, 15) is 9.59 Å². The van der Waals surface area contributed by atoms with Gasteiger partial charge in [-0.3, -0.25) is 4.79 Å². The molecular weight excluding hydrogens is 366 g/mol. The molecule has 2 heterocycles. The van der Waals surface area contributed by atoms with Crippen LogP contribution in [0.2, 0.25) is 0 Å². The largest absolute Gasteiger partial charge is 0.463 e. The first kappa shape index (κ1) is 20.6. The van der Waals surface area contributed by atoms with Crippen molar-refractivity contribution in [3.05, 3.63) is 65.4 Å². The van der Waals surface area contributed by atoms with E-state index in [4.69, 9.17) is 4.74 Å². The molecule has 0 radical (unpaired) electrons. The summed E-state index contributed by atoms with van der Waals surface area (Å²) >= 11 is 0. The fourth-order valence-electron chi connectivity index (χ4n) is 3.26. The Morgan fingerprint density at radius 3 is 2.52 bits per heavy atom. The second-order valence-electron chi connectivity index (χ2n) is 7.14. The Hall–Kier alpha value is -3.15. The van der Waals surface area contributed by atoms with Gasteiger partial charge >= 0.3 is 5.97 Å². The third-order valence-corrected chi connectivity index (χ3v) is 4.92. The molecule has 6 heteroatoms. The lowest BCUT2D eigenvalue weighted by molar-refractivity contribution is -0.137. The number of nitrogens with one attached hydrogen (secondary N) is 1. The lowest BCUT2D eigenvalue weighted by Gasteiger charge is -2.32. The molecule has 1 saturated heterocycles. The molecule has 0 bridgehead atoms. The number of benzene rings is 1. The number of nitrogens with zero attached hydrogens (tertiary/aromatic N) is 2. The Kier molecular flexibility index (Phi) is 7.00. The summed E-state index contributed by atoms with van der Waals surface area (Å²) < 4.78 is 4.86. The monoisotopic (exact) mass is 393 g/mol. The zero-order valence-corrected chi connectivity index (χ0v) is 16.9. The summed E-state index contributed by atoms with van der Waals surface area (Å²) in [5.74, 6) is 0.530. The predicted molar refractivity (Wildman–Crippen MR) is 114 cm³/mol. The van der Waals surface area contributed by atoms with Crippen LogP contribution >= 0.6 is 0 Å². The molecule has 0 atom stereocenters. The van der Waals surface area contributed by atoms with Crippen LogP contribution in [0.25, 0.3) is 6.08 Å². The third kappa shape index (κ3) is 5.91. The van der Waals surface area contributed by atoms with Crippen LogP contribution in [0.5, 0.6) is 0 Å². The van der Waals surface area contributed by atoms with E-state index in [-0.39, 0.29) is 17.9 Å². The molecule has 0 spiro atoms.